The van der Waals surface area contributed by atoms with E-state index in [-0.39, 0.29) is 23.3 Å². The van der Waals surface area contributed by atoms with Crippen LogP contribution in [0.25, 0.3) is 0 Å². The molecule has 3 aliphatic rings. The number of aromatic nitrogens is 1. The molecule has 0 radical (unpaired) electrons. The normalized spacial score (nSPS) is 31.0. The van der Waals surface area contributed by atoms with Gasteiger partial charge in [-0.15, -0.1) is 11.3 Å². The molecule has 5 nitrogen and oxygen atoms in total. The molecule has 1 spiro atoms. The Morgan fingerprint density at radius 2 is 2.10 bits per heavy atom. The van der Waals surface area contributed by atoms with E-state index >= 15 is 0 Å². The van der Waals surface area contributed by atoms with Crippen molar-refractivity contribution in [2.24, 2.45) is 11.3 Å². The fourth-order valence-corrected chi connectivity index (χ4v) is 6.93. The first kappa shape index (κ1) is 19.2. The number of nitrogens with zero attached hydrogens (tertiary/aromatic N) is 2. The fourth-order valence-electron chi connectivity index (χ4n) is 5.73. The minimum absolute atomic E-state index is 0.00318. The zero-order valence-electron chi connectivity index (χ0n) is 16.9. The summed E-state index contributed by atoms with van der Waals surface area (Å²) in [7, 11) is 0. The molecule has 0 unspecified atom stereocenters. The van der Waals surface area contributed by atoms with Crippen LogP contribution in [0.3, 0.4) is 0 Å². The maximum atomic E-state index is 11.5. The van der Waals surface area contributed by atoms with Crippen LogP contribution in [0, 0.1) is 11.3 Å². The standard InChI is InChI=1S/C23H29N3O2S/c1-15(27)24-11-17-22(16-7-3-2-4-8-16)23(17)14-26(12-20(23)28)13-21-25-18-9-5-6-10-19(18)29-21/h2-4,7-8,17,20,22,28H,5-6,9-14H2,1H3,(H,24,27)/t17-,20-,22-,23-/m1/s1. The second-order valence-corrected chi connectivity index (χ2v) is 10.1. The number of benzene rings is 1. The lowest BCUT2D eigenvalue weighted by molar-refractivity contribution is -0.119. The zero-order chi connectivity index (χ0) is 20.0. The molecule has 1 aromatic carbocycles. The molecular weight excluding hydrogens is 382 g/mol. The Kier molecular flexibility index (Phi) is 4.96. The molecule has 154 valence electrons. The number of nitrogens with one attached hydrogen (secondary N) is 1. The molecule has 5 rings (SSSR count). The molecule has 29 heavy (non-hydrogen) atoms. The molecule has 2 aliphatic carbocycles. The molecule has 6 heteroatoms. The van der Waals surface area contributed by atoms with Crippen LogP contribution < -0.4 is 5.32 Å². The number of likely N-dealkylation sites (tertiary alicyclic amines) is 1. The van der Waals surface area contributed by atoms with Crippen molar-refractivity contribution in [2.75, 3.05) is 19.6 Å². The van der Waals surface area contributed by atoms with Gasteiger partial charge >= 0.3 is 0 Å². The van der Waals surface area contributed by atoms with Crippen molar-refractivity contribution in [1.29, 1.82) is 0 Å². The van der Waals surface area contributed by atoms with Gasteiger partial charge in [0, 0.05) is 36.9 Å². The molecule has 4 atom stereocenters. The number of thiazole rings is 1. The van der Waals surface area contributed by atoms with E-state index in [1.54, 1.807) is 6.92 Å². The van der Waals surface area contributed by atoms with Gasteiger partial charge in [-0.25, -0.2) is 4.98 Å². The van der Waals surface area contributed by atoms with Crippen LogP contribution in [0.1, 0.15) is 46.8 Å². The first-order chi connectivity index (χ1) is 14.1. The number of β-amino-alcohol motifs (C(OH)–C–C–N with tert-alkyl or cyclic N) is 1. The summed E-state index contributed by atoms with van der Waals surface area (Å²) in [5.41, 5.74) is 2.41. The Morgan fingerprint density at radius 3 is 2.86 bits per heavy atom. The number of aryl methyl sites for hydroxylation is 2. The minimum Gasteiger partial charge on any atom is -0.391 e. The number of amides is 1. The Bertz CT molecular complexity index is 875. The van der Waals surface area contributed by atoms with Gasteiger partial charge in [0.1, 0.15) is 5.01 Å². The largest absolute Gasteiger partial charge is 0.391 e. The van der Waals surface area contributed by atoms with Crippen molar-refractivity contribution in [3.63, 3.8) is 0 Å². The first-order valence-electron chi connectivity index (χ1n) is 10.7. The SMILES string of the molecule is CC(=O)NC[C@@H]1[C@@H](c2ccccc2)[C@]12CN(Cc1nc3c(s1)CCCC3)C[C@H]2O. The van der Waals surface area contributed by atoms with E-state index in [1.165, 1.54) is 40.4 Å². The smallest absolute Gasteiger partial charge is 0.216 e. The lowest BCUT2D eigenvalue weighted by Crippen LogP contribution is -2.28. The third-order valence-electron chi connectivity index (χ3n) is 7.09. The summed E-state index contributed by atoms with van der Waals surface area (Å²) in [6.07, 6.45) is 4.46. The molecule has 1 amide bonds. The Morgan fingerprint density at radius 1 is 1.31 bits per heavy atom. The van der Waals surface area contributed by atoms with Gasteiger partial charge in [-0.3, -0.25) is 9.69 Å². The van der Waals surface area contributed by atoms with Crippen LogP contribution in [0.4, 0.5) is 0 Å². The molecule has 1 aliphatic heterocycles. The van der Waals surface area contributed by atoms with Gasteiger partial charge in [0.2, 0.25) is 5.91 Å². The predicted molar refractivity (Wildman–Crippen MR) is 114 cm³/mol. The van der Waals surface area contributed by atoms with E-state index in [9.17, 15) is 9.90 Å². The van der Waals surface area contributed by atoms with Crippen molar-refractivity contribution in [3.8, 4) is 0 Å². The lowest BCUT2D eigenvalue weighted by atomic mass is 9.95. The Balaban J connectivity index is 1.34. The Hall–Kier alpha value is -1.76. The summed E-state index contributed by atoms with van der Waals surface area (Å²) in [4.78, 5) is 20.3. The topological polar surface area (TPSA) is 65.5 Å². The van der Waals surface area contributed by atoms with E-state index in [4.69, 9.17) is 4.98 Å². The molecule has 2 aromatic rings. The van der Waals surface area contributed by atoms with Crippen LogP contribution in [0.15, 0.2) is 30.3 Å². The molecule has 2 heterocycles. The van der Waals surface area contributed by atoms with Crippen LogP contribution in [0.5, 0.6) is 0 Å². The van der Waals surface area contributed by atoms with Gasteiger partial charge in [-0.1, -0.05) is 30.3 Å². The highest BCUT2D eigenvalue weighted by molar-refractivity contribution is 7.11. The van der Waals surface area contributed by atoms with Gasteiger partial charge in [-0.05, 0) is 43.1 Å². The van der Waals surface area contributed by atoms with Crippen molar-refractivity contribution < 1.29 is 9.90 Å². The van der Waals surface area contributed by atoms with Crippen molar-refractivity contribution in [3.05, 3.63) is 51.5 Å². The van der Waals surface area contributed by atoms with E-state index in [2.05, 4.69) is 34.5 Å². The molecule has 1 aromatic heterocycles. The summed E-state index contributed by atoms with van der Waals surface area (Å²) in [6.45, 7) is 4.57. The maximum Gasteiger partial charge on any atom is 0.216 e. The van der Waals surface area contributed by atoms with Gasteiger partial charge < -0.3 is 10.4 Å². The number of hydrogen-bond donors (Lipinski definition) is 2. The summed E-state index contributed by atoms with van der Waals surface area (Å²) in [5, 5.41) is 15.3. The number of carbonyl (C=O) groups excluding carboxylic acids is 1. The molecule has 0 bridgehead atoms. The van der Waals surface area contributed by atoms with E-state index in [1.807, 2.05) is 17.4 Å². The minimum atomic E-state index is -0.374. The van der Waals surface area contributed by atoms with Gasteiger partial charge in [0.25, 0.3) is 0 Å². The van der Waals surface area contributed by atoms with E-state index in [0.717, 1.165) is 19.5 Å². The highest BCUT2D eigenvalue weighted by atomic mass is 32.1. The zero-order valence-corrected chi connectivity index (χ0v) is 17.8. The molecule has 1 saturated carbocycles. The Labute approximate surface area is 176 Å². The number of aliphatic hydroxyl groups is 1. The number of aliphatic hydroxyl groups excluding tert-OH is 1. The van der Waals surface area contributed by atoms with Gasteiger partial charge in [-0.2, -0.15) is 0 Å². The molecule has 2 fully saturated rings. The second kappa shape index (κ2) is 7.49. The predicted octanol–water partition coefficient (Wildman–Crippen LogP) is 2.73. The number of hydrogen-bond acceptors (Lipinski definition) is 5. The second-order valence-electron chi connectivity index (χ2n) is 8.91. The third kappa shape index (κ3) is 3.41. The summed E-state index contributed by atoms with van der Waals surface area (Å²) >= 11 is 1.86. The van der Waals surface area contributed by atoms with Crippen LogP contribution in [-0.4, -0.2) is 46.6 Å². The number of fused-ring (bicyclic) bond motifs is 1. The van der Waals surface area contributed by atoms with Gasteiger partial charge in [0.05, 0.1) is 18.3 Å². The fraction of sp³-hybridized carbons (Fsp3) is 0.565. The molecule has 1 saturated heterocycles. The van der Waals surface area contributed by atoms with Crippen molar-refractivity contribution >= 4 is 17.2 Å². The number of rotatable bonds is 5. The molecular formula is C23H29N3O2S. The first-order valence-corrected chi connectivity index (χ1v) is 11.6. The summed E-state index contributed by atoms with van der Waals surface area (Å²) in [6, 6.07) is 10.5. The van der Waals surface area contributed by atoms with E-state index in [0.29, 0.717) is 19.0 Å². The highest BCUT2D eigenvalue weighted by Gasteiger charge is 2.70. The maximum absolute atomic E-state index is 11.5. The average Bonchev–Trinajstić information content (AvgIpc) is 2.97. The average molecular weight is 412 g/mol. The van der Waals surface area contributed by atoms with Crippen molar-refractivity contribution in [2.45, 2.75) is 51.2 Å². The third-order valence-corrected chi connectivity index (χ3v) is 8.23. The number of carbonyl (C=O) groups is 1. The molecule has 2 N–H and O–H groups in total. The van der Waals surface area contributed by atoms with Crippen LogP contribution in [0.2, 0.25) is 0 Å². The summed E-state index contributed by atoms with van der Waals surface area (Å²) in [5.74, 6) is 0.565. The summed E-state index contributed by atoms with van der Waals surface area (Å²) < 4.78 is 0. The monoisotopic (exact) mass is 411 g/mol. The lowest BCUT2D eigenvalue weighted by Gasteiger charge is -2.16. The van der Waals surface area contributed by atoms with Crippen LogP contribution in [-0.2, 0) is 24.2 Å². The van der Waals surface area contributed by atoms with Crippen LogP contribution >= 0.6 is 11.3 Å². The van der Waals surface area contributed by atoms with Gasteiger partial charge in [0.15, 0.2) is 0 Å². The quantitative estimate of drug-likeness (QED) is 0.794. The van der Waals surface area contributed by atoms with E-state index < -0.39 is 0 Å². The highest BCUT2D eigenvalue weighted by Crippen LogP contribution is 2.68. The van der Waals surface area contributed by atoms with Crippen molar-refractivity contribution in [1.82, 2.24) is 15.2 Å².